The lowest BCUT2D eigenvalue weighted by molar-refractivity contribution is 0.0693. The van der Waals surface area contributed by atoms with Crippen molar-refractivity contribution in [3.8, 4) is 5.75 Å². The number of nitrogens with zero attached hydrogens (tertiary/aromatic N) is 1. The number of ether oxygens (including phenoxy) is 1. The van der Waals surface area contributed by atoms with Crippen molar-refractivity contribution in [3.05, 3.63) is 22.7 Å². The molecule has 0 bridgehead atoms. The average molecular weight is 270 g/mol. The van der Waals surface area contributed by atoms with Gasteiger partial charge in [-0.05, 0) is 11.5 Å². The molecule has 1 heterocycles. The van der Waals surface area contributed by atoms with Crippen molar-refractivity contribution in [2.24, 2.45) is 5.41 Å². The molecule has 0 unspecified atom stereocenters. The van der Waals surface area contributed by atoms with Gasteiger partial charge in [0.25, 0.3) is 0 Å². The lowest BCUT2D eigenvalue weighted by Gasteiger charge is -2.47. The Morgan fingerprint density at radius 2 is 2.06 bits per heavy atom. The van der Waals surface area contributed by atoms with E-state index in [9.17, 15) is 4.79 Å². The molecule has 0 atom stereocenters. The first-order valence-corrected chi connectivity index (χ1v) is 6.07. The second kappa shape index (κ2) is 4.35. The summed E-state index contributed by atoms with van der Waals surface area (Å²) in [5, 5.41) is 9.50. The highest BCUT2D eigenvalue weighted by Crippen LogP contribution is 2.40. The molecule has 1 N–H and O–H groups in total. The third-order valence-corrected chi connectivity index (χ3v) is 3.38. The van der Waals surface area contributed by atoms with Crippen LogP contribution in [0, 0.1) is 5.41 Å². The first-order chi connectivity index (χ1) is 8.34. The van der Waals surface area contributed by atoms with Gasteiger partial charge in [-0.1, -0.05) is 25.4 Å². The van der Waals surface area contributed by atoms with E-state index in [0.717, 1.165) is 18.8 Å². The highest BCUT2D eigenvalue weighted by Gasteiger charge is 2.35. The fourth-order valence-corrected chi connectivity index (χ4v) is 2.56. The summed E-state index contributed by atoms with van der Waals surface area (Å²) in [6.07, 6.45) is 0. The van der Waals surface area contributed by atoms with Gasteiger partial charge in [0.1, 0.15) is 11.3 Å². The monoisotopic (exact) mass is 269 g/mol. The van der Waals surface area contributed by atoms with Crippen LogP contribution in [0.25, 0.3) is 0 Å². The van der Waals surface area contributed by atoms with Crippen LogP contribution >= 0.6 is 11.6 Å². The van der Waals surface area contributed by atoms with Crippen LogP contribution in [0.4, 0.5) is 5.69 Å². The van der Waals surface area contributed by atoms with E-state index in [1.807, 2.05) is 0 Å². The summed E-state index contributed by atoms with van der Waals surface area (Å²) in [5.41, 5.74) is 1.20. The average Bonchev–Trinajstić information content (AvgIpc) is 2.25. The van der Waals surface area contributed by atoms with Gasteiger partial charge in [0.2, 0.25) is 0 Å². The lowest BCUT2D eigenvalue weighted by Crippen LogP contribution is -2.53. The Kier molecular flexibility index (Phi) is 3.15. The molecule has 0 radical (unpaired) electrons. The van der Waals surface area contributed by atoms with Crippen LogP contribution < -0.4 is 9.64 Å². The molecule has 0 spiro atoms. The molecule has 0 saturated carbocycles. The number of rotatable bonds is 3. The standard InChI is InChI=1S/C13H16ClNO3/c1-13(2)6-15(7-13)10-5-11(18-3)8(12(16)17)4-9(10)14/h4-5H,6-7H2,1-3H3,(H,16,17). The molecule has 1 aromatic carbocycles. The zero-order valence-corrected chi connectivity index (χ0v) is 11.4. The van der Waals surface area contributed by atoms with Gasteiger partial charge in [-0.15, -0.1) is 0 Å². The predicted molar refractivity (Wildman–Crippen MR) is 71.0 cm³/mol. The van der Waals surface area contributed by atoms with Crippen molar-refractivity contribution in [2.45, 2.75) is 13.8 Å². The smallest absolute Gasteiger partial charge is 0.339 e. The molecular weight excluding hydrogens is 254 g/mol. The minimum Gasteiger partial charge on any atom is -0.496 e. The zero-order chi connectivity index (χ0) is 13.5. The van der Waals surface area contributed by atoms with Gasteiger partial charge in [0.15, 0.2) is 0 Å². The Morgan fingerprint density at radius 3 is 2.50 bits per heavy atom. The van der Waals surface area contributed by atoms with E-state index in [-0.39, 0.29) is 11.0 Å². The first kappa shape index (κ1) is 13.0. The summed E-state index contributed by atoms with van der Waals surface area (Å²) in [5.74, 6) is -0.698. The number of carbonyl (C=O) groups is 1. The Hall–Kier alpha value is -1.42. The molecule has 18 heavy (non-hydrogen) atoms. The number of hydrogen-bond donors (Lipinski definition) is 1. The number of halogens is 1. The Bertz CT molecular complexity index is 491. The number of hydrogen-bond acceptors (Lipinski definition) is 3. The van der Waals surface area contributed by atoms with Crippen LogP contribution in [0.1, 0.15) is 24.2 Å². The molecule has 1 aromatic rings. The number of methoxy groups -OCH3 is 1. The van der Waals surface area contributed by atoms with Crippen LogP contribution in [0.3, 0.4) is 0 Å². The van der Waals surface area contributed by atoms with Crippen molar-refractivity contribution >= 4 is 23.3 Å². The summed E-state index contributed by atoms with van der Waals surface area (Å²) in [6, 6.07) is 3.14. The van der Waals surface area contributed by atoms with Gasteiger partial charge in [0, 0.05) is 19.2 Å². The third-order valence-electron chi connectivity index (χ3n) is 3.08. The largest absolute Gasteiger partial charge is 0.496 e. The minimum absolute atomic E-state index is 0.0889. The van der Waals surface area contributed by atoms with Crippen molar-refractivity contribution in [3.63, 3.8) is 0 Å². The fourth-order valence-electron chi connectivity index (χ4n) is 2.28. The SMILES string of the molecule is COc1cc(N2CC(C)(C)C2)c(Cl)cc1C(=O)O. The molecule has 1 saturated heterocycles. The quantitative estimate of drug-likeness (QED) is 0.917. The van der Waals surface area contributed by atoms with E-state index in [1.165, 1.54) is 13.2 Å². The van der Waals surface area contributed by atoms with Crippen LogP contribution in [-0.2, 0) is 0 Å². The molecule has 0 amide bonds. The maximum atomic E-state index is 11.0. The molecule has 2 rings (SSSR count). The molecule has 1 aliphatic heterocycles. The summed E-state index contributed by atoms with van der Waals surface area (Å²) in [7, 11) is 1.46. The topological polar surface area (TPSA) is 49.8 Å². The van der Waals surface area contributed by atoms with Crippen molar-refractivity contribution < 1.29 is 14.6 Å². The molecular formula is C13H16ClNO3. The number of carboxylic acids is 1. The van der Waals surface area contributed by atoms with E-state index < -0.39 is 5.97 Å². The second-order valence-corrected chi connectivity index (χ2v) is 5.74. The lowest BCUT2D eigenvalue weighted by atomic mass is 9.84. The van der Waals surface area contributed by atoms with Gasteiger partial charge < -0.3 is 14.7 Å². The maximum Gasteiger partial charge on any atom is 0.339 e. The second-order valence-electron chi connectivity index (χ2n) is 5.33. The summed E-state index contributed by atoms with van der Waals surface area (Å²) >= 11 is 6.14. The minimum atomic E-state index is -1.04. The van der Waals surface area contributed by atoms with E-state index in [4.69, 9.17) is 21.4 Å². The van der Waals surface area contributed by atoms with Crippen molar-refractivity contribution in [2.75, 3.05) is 25.1 Å². The van der Waals surface area contributed by atoms with Crippen LogP contribution in [-0.4, -0.2) is 31.3 Å². The normalized spacial score (nSPS) is 17.2. The highest BCUT2D eigenvalue weighted by molar-refractivity contribution is 6.33. The van der Waals surface area contributed by atoms with Gasteiger partial charge in [0.05, 0.1) is 17.8 Å². The van der Waals surface area contributed by atoms with Crippen molar-refractivity contribution in [1.29, 1.82) is 0 Å². The highest BCUT2D eigenvalue weighted by atomic mass is 35.5. The molecule has 1 aliphatic rings. The van der Waals surface area contributed by atoms with Crippen molar-refractivity contribution in [1.82, 2.24) is 0 Å². The van der Waals surface area contributed by atoms with Crippen LogP contribution in [0.2, 0.25) is 5.02 Å². The number of aromatic carboxylic acids is 1. The molecule has 0 aliphatic carbocycles. The zero-order valence-electron chi connectivity index (χ0n) is 10.7. The van der Waals surface area contributed by atoms with E-state index in [0.29, 0.717) is 10.8 Å². The van der Waals surface area contributed by atoms with Gasteiger partial charge in [-0.2, -0.15) is 0 Å². The van der Waals surface area contributed by atoms with Crippen LogP contribution in [0.15, 0.2) is 12.1 Å². The van der Waals surface area contributed by atoms with Gasteiger partial charge in [-0.3, -0.25) is 0 Å². The summed E-state index contributed by atoms with van der Waals surface area (Å²) in [4.78, 5) is 13.2. The van der Waals surface area contributed by atoms with Crippen LogP contribution in [0.5, 0.6) is 5.75 Å². The molecule has 98 valence electrons. The molecule has 1 fully saturated rings. The predicted octanol–water partition coefficient (Wildman–Crippen LogP) is 2.89. The van der Waals surface area contributed by atoms with Gasteiger partial charge in [-0.25, -0.2) is 4.79 Å². The Morgan fingerprint density at radius 1 is 1.44 bits per heavy atom. The molecule has 4 nitrogen and oxygen atoms in total. The Balaban J connectivity index is 2.36. The van der Waals surface area contributed by atoms with E-state index in [2.05, 4.69) is 18.7 Å². The fraction of sp³-hybridized carbons (Fsp3) is 0.462. The Labute approximate surface area is 111 Å². The van der Waals surface area contributed by atoms with E-state index >= 15 is 0 Å². The van der Waals surface area contributed by atoms with E-state index in [1.54, 1.807) is 6.07 Å². The third kappa shape index (κ3) is 2.25. The molecule has 0 aromatic heterocycles. The summed E-state index contributed by atoms with van der Waals surface area (Å²) in [6.45, 7) is 6.17. The van der Waals surface area contributed by atoms with Gasteiger partial charge >= 0.3 is 5.97 Å². The number of anilines is 1. The maximum absolute atomic E-state index is 11.0. The first-order valence-electron chi connectivity index (χ1n) is 5.70. The number of benzene rings is 1. The number of carboxylic acid groups (broad SMARTS) is 1. The summed E-state index contributed by atoms with van der Waals surface area (Å²) < 4.78 is 5.11. The molecule has 5 heteroatoms.